The van der Waals surface area contributed by atoms with Gasteiger partial charge in [0.2, 0.25) is 5.16 Å². The summed E-state index contributed by atoms with van der Waals surface area (Å²) in [4.78, 5) is 0. The Kier molecular flexibility index (Phi) is 14.5. The molecule has 0 bridgehead atoms. The van der Waals surface area contributed by atoms with E-state index in [1.165, 1.54) is 44.1 Å². The predicted molar refractivity (Wildman–Crippen MR) is 179 cm³/mol. The molecular formula is C31H45F13N4O2SSi2. The van der Waals surface area contributed by atoms with Crippen molar-refractivity contribution in [1.82, 2.24) is 20.2 Å². The van der Waals surface area contributed by atoms with Crippen molar-refractivity contribution in [2.75, 3.05) is 12.4 Å². The molecule has 0 unspecified atom stereocenters. The van der Waals surface area contributed by atoms with E-state index >= 15 is 8.78 Å². The van der Waals surface area contributed by atoms with Gasteiger partial charge in [-0.15, -0.1) is 5.10 Å². The molecule has 1 aromatic carbocycles. The van der Waals surface area contributed by atoms with E-state index in [0.717, 1.165) is 0 Å². The Hall–Kier alpha value is -1.92. The van der Waals surface area contributed by atoms with E-state index in [-0.39, 0.29) is 23.8 Å². The minimum atomic E-state index is -7.95. The highest BCUT2D eigenvalue weighted by atomic mass is 32.2. The van der Waals surface area contributed by atoms with Crippen LogP contribution in [0.2, 0.25) is 35.3 Å². The van der Waals surface area contributed by atoms with E-state index in [0.29, 0.717) is 10.8 Å². The zero-order chi connectivity index (χ0) is 41.3. The lowest BCUT2D eigenvalue weighted by Crippen LogP contribution is -2.70. The molecule has 22 heteroatoms. The summed E-state index contributed by atoms with van der Waals surface area (Å²) < 4.78 is 195. The van der Waals surface area contributed by atoms with Crippen molar-refractivity contribution in [3.05, 3.63) is 30.3 Å². The second kappa shape index (κ2) is 16.3. The lowest BCUT2D eigenvalue weighted by molar-refractivity contribution is -0.440. The molecule has 0 saturated carbocycles. The number of alkyl halides is 13. The summed E-state index contributed by atoms with van der Waals surface area (Å²) in [5.41, 5.74) is -0.781. The number of aromatic nitrogens is 4. The van der Waals surface area contributed by atoms with Crippen molar-refractivity contribution in [3.63, 3.8) is 0 Å². The third-order valence-electron chi connectivity index (χ3n) is 9.72. The third-order valence-corrected chi connectivity index (χ3v) is 20.9. The van der Waals surface area contributed by atoms with Gasteiger partial charge < -0.3 is 8.85 Å². The molecule has 306 valence electrons. The molecule has 0 aliphatic rings. The summed E-state index contributed by atoms with van der Waals surface area (Å²) in [6, 6.07) is 7.73. The van der Waals surface area contributed by atoms with Crippen molar-refractivity contribution >= 4 is 28.4 Å². The van der Waals surface area contributed by atoms with E-state index in [4.69, 9.17) is 8.85 Å². The van der Waals surface area contributed by atoms with E-state index < -0.39 is 82.1 Å². The normalized spacial score (nSPS) is 15.5. The second-order valence-electron chi connectivity index (χ2n) is 14.9. The predicted octanol–water partition coefficient (Wildman–Crippen LogP) is 11.4. The molecule has 0 spiro atoms. The third kappa shape index (κ3) is 9.56. The van der Waals surface area contributed by atoms with Crippen molar-refractivity contribution < 1.29 is 65.9 Å². The van der Waals surface area contributed by atoms with Crippen LogP contribution in [0.15, 0.2) is 35.5 Å². The Bertz CT molecular complexity index is 1460. The molecule has 0 fully saturated rings. The topological polar surface area (TPSA) is 62.1 Å². The maximum atomic E-state index is 15.1. The first kappa shape index (κ1) is 47.2. The van der Waals surface area contributed by atoms with Gasteiger partial charge in [0.05, 0.1) is 18.4 Å². The molecule has 0 N–H and O–H groups in total. The smallest absolute Gasteiger partial charge is 0.414 e. The number of benzene rings is 1. The molecule has 0 saturated heterocycles. The van der Waals surface area contributed by atoms with E-state index in [9.17, 15) is 48.3 Å². The quantitative estimate of drug-likeness (QED) is 0.0798. The monoisotopic (exact) mass is 840 g/mol. The Balaban J connectivity index is 2.47. The van der Waals surface area contributed by atoms with Gasteiger partial charge in [0.25, 0.3) is 0 Å². The Morgan fingerprint density at radius 1 is 0.755 bits per heavy atom. The highest BCUT2D eigenvalue weighted by Gasteiger charge is 2.90. The average molecular weight is 841 g/mol. The molecule has 2 aromatic rings. The van der Waals surface area contributed by atoms with Crippen LogP contribution in [-0.4, -0.2) is 91.1 Å². The minimum Gasteiger partial charge on any atom is -0.414 e. The number of halogens is 13. The Labute approximate surface area is 306 Å². The van der Waals surface area contributed by atoms with Gasteiger partial charge in [-0.1, -0.05) is 78.4 Å². The Morgan fingerprint density at radius 2 is 1.26 bits per heavy atom. The van der Waals surface area contributed by atoms with Crippen molar-refractivity contribution in [1.29, 1.82) is 0 Å². The van der Waals surface area contributed by atoms with Gasteiger partial charge in [0.1, 0.15) is 0 Å². The van der Waals surface area contributed by atoms with Crippen LogP contribution in [0.4, 0.5) is 57.1 Å². The van der Waals surface area contributed by atoms with Crippen LogP contribution in [0.25, 0.3) is 5.69 Å². The molecular weight excluding hydrogens is 796 g/mol. The molecule has 2 rings (SSSR count). The molecule has 6 nitrogen and oxygen atoms in total. The standard InChI is InChI=1S/C31H45F13N4O2SSi2/c1-20(2)53(21(3)4,18-16-26(32,33)27(34,35)28(36,37)29(38,39)30(40,41)31(42,43)44)50-23(19-49-52(8,9)25(5,6)7)15-17-51-24-45-46-47-48(24)22-13-11-10-12-14-22/h10-14,20-21,23H,15-19H2,1-9H3/t23-/m0/s1. The van der Waals surface area contributed by atoms with Gasteiger partial charge in [0.15, 0.2) is 16.6 Å². The van der Waals surface area contributed by atoms with Gasteiger partial charge in [-0.3, -0.25) is 0 Å². The molecule has 1 heterocycles. The molecule has 0 aliphatic heterocycles. The Morgan fingerprint density at radius 3 is 1.74 bits per heavy atom. The van der Waals surface area contributed by atoms with E-state index in [2.05, 4.69) is 15.5 Å². The van der Waals surface area contributed by atoms with Gasteiger partial charge in [-0.25, -0.2) is 0 Å². The maximum Gasteiger partial charge on any atom is 0.460 e. The van der Waals surface area contributed by atoms with Crippen LogP contribution in [0, 0.1) is 0 Å². The van der Waals surface area contributed by atoms with Crippen molar-refractivity contribution in [2.24, 2.45) is 0 Å². The zero-order valence-electron chi connectivity index (χ0n) is 30.6. The van der Waals surface area contributed by atoms with Crippen LogP contribution in [0.5, 0.6) is 0 Å². The fraction of sp³-hybridized carbons (Fsp3) is 0.774. The summed E-state index contributed by atoms with van der Waals surface area (Å²) in [7, 11) is -6.40. The SMILES string of the molecule is CC(C)[Si](CCC(F)(F)C(F)(F)C(F)(F)C(F)(F)C(F)(F)C(F)(F)F)(O[C@@H](CCSc1nnnn1-c1ccccc1)CO[Si](C)(C)C(C)(C)C)C(C)C. The van der Waals surface area contributed by atoms with Gasteiger partial charge >= 0.3 is 35.8 Å². The fourth-order valence-corrected chi connectivity index (χ4v) is 11.8. The molecule has 1 aromatic heterocycles. The first-order chi connectivity index (χ1) is 23.7. The van der Waals surface area contributed by atoms with Crippen LogP contribution in [-0.2, 0) is 8.85 Å². The average Bonchev–Trinajstić information content (AvgIpc) is 3.48. The summed E-state index contributed by atoms with van der Waals surface area (Å²) in [6.07, 6.45) is -10.5. The summed E-state index contributed by atoms with van der Waals surface area (Å²) in [6.45, 7) is 15.6. The summed E-state index contributed by atoms with van der Waals surface area (Å²) in [5.74, 6) is -36.9. The number of tetrazole rings is 1. The first-order valence-corrected chi connectivity index (χ1v) is 22.6. The molecule has 53 heavy (non-hydrogen) atoms. The van der Waals surface area contributed by atoms with Crippen LogP contribution < -0.4 is 0 Å². The summed E-state index contributed by atoms with van der Waals surface area (Å²) in [5, 5.41) is 11.7. The molecule has 0 aliphatic carbocycles. The number of thioether (sulfide) groups is 1. The maximum absolute atomic E-state index is 15.1. The number of para-hydroxylation sites is 1. The number of hydrogen-bond donors (Lipinski definition) is 0. The van der Waals surface area contributed by atoms with Crippen LogP contribution in [0.3, 0.4) is 0 Å². The fourth-order valence-electron chi connectivity index (χ4n) is 5.17. The molecule has 0 radical (unpaired) electrons. The lowest BCUT2D eigenvalue weighted by Gasteiger charge is -2.44. The van der Waals surface area contributed by atoms with Gasteiger partial charge in [-0.05, 0) is 64.2 Å². The number of nitrogens with zero attached hydrogens (tertiary/aromatic N) is 4. The number of hydrogen-bond acceptors (Lipinski definition) is 6. The highest BCUT2D eigenvalue weighted by molar-refractivity contribution is 7.99. The minimum absolute atomic E-state index is 0.113. The van der Waals surface area contributed by atoms with Gasteiger partial charge in [0, 0.05) is 12.2 Å². The van der Waals surface area contributed by atoms with Crippen LogP contribution >= 0.6 is 11.8 Å². The largest absolute Gasteiger partial charge is 0.460 e. The van der Waals surface area contributed by atoms with E-state index in [1.807, 2.05) is 33.9 Å². The van der Waals surface area contributed by atoms with Crippen LogP contribution in [0.1, 0.15) is 61.3 Å². The second-order valence-corrected chi connectivity index (χ2v) is 25.7. The summed E-state index contributed by atoms with van der Waals surface area (Å²) >= 11 is 1.19. The molecule has 1 atom stereocenters. The lowest BCUT2D eigenvalue weighted by atomic mass is 9.93. The van der Waals surface area contributed by atoms with Crippen molar-refractivity contribution in [3.8, 4) is 5.69 Å². The molecule has 0 amide bonds. The van der Waals surface area contributed by atoms with E-state index in [1.54, 1.807) is 30.3 Å². The van der Waals surface area contributed by atoms with Crippen molar-refractivity contribution in [2.45, 2.75) is 144 Å². The highest BCUT2D eigenvalue weighted by Crippen LogP contribution is 2.61. The number of rotatable bonds is 19. The van der Waals surface area contributed by atoms with Gasteiger partial charge in [-0.2, -0.15) is 61.8 Å². The zero-order valence-corrected chi connectivity index (χ0v) is 33.4. The first-order valence-electron chi connectivity index (χ1n) is 16.5.